The van der Waals surface area contributed by atoms with Crippen LogP contribution in [0.5, 0.6) is 0 Å². The molecule has 0 unspecified atom stereocenters. The number of hydrogen-bond donors (Lipinski definition) is 0. The van der Waals surface area contributed by atoms with Gasteiger partial charge in [0, 0.05) is 0 Å². The number of hydrogen-bond acceptors (Lipinski definition) is 4. The normalized spacial score (nSPS) is 8.67. The molecule has 12 heavy (non-hydrogen) atoms. The van der Waals surface area contributed by atoms with Gasteiger partial charge in [-0.25, -0.2) is 9.97 Å². The van der Waals surface area contributed by atoms with Gasteiger partial charge in [-0.3, -0.25) is 0 Å². The van der Waals surface area contributed by atoms with Crippen LogP contribution in [0, 0.1) is 34.6 Å². The fraction of sp³-hybridized carbons (Fsp3) is 0. The topological polar surface area (TPSA) is 73.4 Å². The van der Waals surface area contributed by atoms with E-state index < -0.39 is 23.3 Å². The molecule has 0 aromatic carbocycles. The summed E-state index contributed by atoms with van der Waals surface area (Å²) in [7, 11) is 0. The summed E-state index contributed by atoms with van der Waals surface area (Å²) in [6, 6.07) is 2.82. The van der Waals surface area contributed by atoms with Crippen molar-refractivity contribution in [2.75, 3.05) is 0 Å². The number of aromatic nitrogens is 2. The van der Waals surface area contributed by atoms with Crippen molar-refractivity contribution in [3.8, 4) is 12.1 Å². The summed E-state index contributed by atoms with van der Waals surface area (Å²) in [6.07, 6.45) is 0. The minimum Gasteiger partial charge on any atom is -0.202 e. The SMILES string of the molecule is N#Cc1nc(F)c(F)nc1C#N. The van der Waals surface area contributed by atoms with E-state index in [0.29, 0.717) is 0 Å². The van der Waals surface area contributed by atoms with Crippen LogP contribution in [0.25, 0.3) is 0 Å². The van der Waals surface area contributed by atoms with Crippen molar-refractivity contribution < 1.29 is 8.78 Å². The van der Waals surface area contributed by atoms with Gasteiger partial charge in [-0.05, 0) is 0 Å². The van der Waals surface area contributed by atoms with Gasteiger partial charge in [-0.15, -0.1) is 0 Å². The van der Waals surface area contributed by atoms with Crippen LogP contribution in [0.15, 0.2) is 0 Å². The molecule has 1 aromatic rings. The van der Waals surface area contributed by atoms with E-state index in [1.807, 2.05) is 0 Å². The Balaban J connectivity index is 3.44. The number of halogens is 2. The Bertz CT molecular complexity index is 362. The van der Waals surface area contributed by atoms with E-state index in [4.69, 9.17) is 10.5 Å². The van der Waals surface area contributed by atoms with Gasteiger partial charge < -0.3 is 0 Å². The third-order valence-corrected chi connectivity index (χ3v) is 1.03. The molecule has 0 atom stereocenters. The fourth-order valence-electron chi connectivity index (χ4n) is 0.550. The van der Waals surface area contributed by atoms with Crippen LogP contribution in [-0.4, -0.2) is 9.97 Å². The van der Waals surface area contributed by atoms with Gasteiger partial charge in [0.1, 0.15) is 12.1 Å². The molecule has 58 valence electrons. The van der Waals surface area contributed by atoms with Crippen LogP contribution in [0.2, 0.25) is 0 Å². The Kier molecular flexibility index (Phi) is 1.93. The molecular weight excluding hydrogens is 166 g/mol. The Hall–Kier alpha value is -2.08. The lowest BCUT2D eigenvalue weighted by Gasteiger charge is -1.92. The van der Waals surface area contributed by atoms with Gasteiger partial charge >= 0.3 is 0 Å². The smallest absolute Gasteiger partial charge is 0.202 e. The Morgan fingerprint density at radius 3 is 1.50 bits per heavy atom. The monoisotopic (exact) mass is 166 g/mol. The molecule has 0 saturated heterocycles. The third-order valence-electron chi connectivity index (χ3n) is 1.03. The fourth-order valence-corrected chi connectivity index (χ4v) is 0.550. The first kappa shape index (κ1) is 8.02. The van der Waals surface area contributed by atoms with E-state index >= 15 is 0 Å². The highest BCUT2D eigenvalue weighted by Crippen LogP contribution is 2.04. The summed E-state index contributed by atoms with van der Waals surface area (Å²) in [5.41, 5.74) is -1.03. The average molecular weight is 166 g/mol. The molecule has 1 aromatic heterocycles. The predicted molar refractivity (Wildman–Crippen MR) is 31.4 cm³/mol. The first-order valence-corrected chi connectivity index (χ1v) is 2.72. The zero-order valence-corrected chi connectivity index (χ0v) is 5.54. The van der Waals surface area contributed by atoms with Gasteiger partial charge in [0.05, 0.1) is 0 Å². The van der Waals surface area contributed by atoms with E-state index in [9.17, 15) is 8.78 Å². The number of nitriles is 2. The van der Waals surface area contributed by atoms with Crippen molar-refractivity contribution >= 4 is 0 Å². The molecule has 0 aliphatic heterocycles. The summed E-state index contributed by atoms with van der Waals surface area (Å²) in [6.45, 7) is 0. The summed E-state index contributed by atoms with van der Waals surface area (Å²) in [4.78, 5) is 5.75. The molecule has 0 spiro atoms. The van der Waals surface area contributed by atoms with E-state index in [-0.39, 0.29) is 0 Å². The first-order chi connectivity index (χ1) is 5.69. The lowest BCUT2D eigenvalue weighted by atomic mass is 10.3. The second-order valence-electron chi connectivity index (χ2n) is 1.73. The van der Waals surface area contributed by atoms with E-state index in [1.165, 1.54) is 12.1 Å². The molecule has 0 N–H and O–H groups in total. The number of nitrogens with zero attached hydrogens (tertiary/aromatic N) is 4. The van der Waals surface area contributed by atoms with E-state index in [1.54, 1.807) is 0 Å². The lowest BCUT2D eigenvalue weighted by molar-refractivity contribution is 0.450. The summed E-state index contributed by atoms with van der Waals surface area (Å²) < 4.78 is 24.5. The maximum absolute atomic E-state index is 12.3. The summed E-state index contributed by atoms with van der Waals surface area (Å²) in [5, 5.41) is 16.5. The van der Waals surface area contributed by atoms with Crippen LogP contribution in [0.3, 0.4) is 0 Å². The van der Waals surface area contributed by atoms with E-state index in [2.05, 4.69) is 9.97 Å². The zero-order chi connectivity index (χ0) is 9.14. The molecule has 4 nitrogen and oxygen atoms in total. The molecule has 0 amide bonds. The Morgan fingerprint density at radius 1 is 0.917 bits per heavy atom. The van der Waals surface area contributed by atoms with Crippen molar-refractivity contribution in [3.05, 3.63) is 23.3 Å². The molecule has 0 fully saturated rings. The van der Waals surface area contributed by atoms with Crippen molar-refractivity contribution in [1.82, 2.24) is 9.97 Å². The molecule has 0 aliphatic carbocycles. The van der Waals surface area contributed by atoms with Crippen LogP contribution in [0.1, 0.15) is 11.4 Å². The minimum absolute atomic E-state index is 0.517. The molecule has 0 radical (unpaired) electrons. The van der Waals surface area contributed by atoms with Crippen molar-refractivity contribution in [3.63, 3.8) is 0 Å². The molecular formula is C6F2N4. The van der Waals surface area contributed by atoms with Crippen molar-refractivity contribution in [2.24, 2.45) is 0 Å². The van der Waals surface area contributed by atoms with Crippen molar-refractivity contribution in [1.29, 1.82) is 10.5 Å². The molecule has 0 bridgehead atoms. The molecule has 1 heterocycles. The summed E-state index contributed by atoms with van der Waals surface area (Å²) >= 11 is 0. The highest BCUT2D eigenvalue weighted by atomic mass is 19.2. The quantitative estimate of drug-likeness (QED) is 0.562. The van der Waals surface area contributed by atoms with Crippen LogP contribution < -0.4 is 0 Å². The second kappa shape index (κ2) is 2.89. The maximum atomic E-state index is 12.3. The van der Waals surface area contributed by atoms with Crippen LogP contribution >= 0.6 is 0 Å². The van der Waals surface area contributed by atoms with Gasteiger partial charge in [0.15, 0.2) is 11.4 Å². The Morgan fingerprint density at radius 2 is 1.25 bits per heavy atom. The van der Waals surface area contributed by atoms with Crippen LogP contribution in [-0.2, 0) is 0 Å². The molecule has 0 saturated carbocycles. The van der Waals surface area contributed by atoms with Gasteiger partial charge in [-0.1, -0.05) is 0 Å². The Labute approximate surface area is 65.7 Å². The molecule has 0 aliphatic rings. The minimum atomic E-state index is -1.48. The maximum Gasteiger partial charge on any atom is 0.269 e. The third kappa shape index (κ3) is 1.18. The largest absolute Gasteiger partial charge is 0.269 e. The second-order valence-corrected chi connectivity index (χ2v) is 1.73. The number of rotatable bonds is 0. The zero-order valence-electron chi connectivity index (χ0n) is 5.54. The van der Waals surface area contributed by atoms with Gasteiger partial charge in [0.25, 0.3) is 11.9 Å². The van der Waals surface area contributed by atoms with Gasteiger partial charge in [0.2, 0.25) is 0 Å². The summed E-state index contributed by atoms with van der Waals surface area (Å²) in [5.74, 6) is -2.96. The molecule has 1 rings (SSSR count). The van der Waals surface area contributed by atoms with Gasteiger partial charge in [-0.2, -0.15) is 19.3 Å². The van der Waals surface area contributed by atoms with Crippen LogP contribution in [0.4, 0.5) is 8.78 Å². The van der Waals surface area contributed by atoms with Crippen molar-refractivity contribution in [2.45, 2.75) is 0 Å². The lowest BCUT2D eigenvalue weighted by Crippen LogP contribution is -2.01. The first-order valence-electron chi connectivity index (χ1n) is 2.72. The molecule has 6 heteroatoms. The standard InChI is InChI=1S/C6F2N4/c7-5-6(8)12-4(2-10)3(1-9)11-5. The predicted octanol–water partition coefficient (Wildman–Crippen LogP) is 0.498. The highest BCUT2D eigenvalue weighted by Gasteiger charge is 2.11. The highest BCUT2D eigenvalue weighted by molar-refractivity contribution is 5.34. The average Bonchev–Trinajstić information content (AvgIpc) is 2.09. The van der Waals surface area contributed by atoms with E-state index in [0.717, 1.165) is 0 Å².